The summed E-state index contributed by atoms with van der Waals surface area (Å²) in [6, 6.07) is 5.91. The number of carboxylic acids is 1. The van der Waals surface area contributed by atoms with Crippen LogP contribution in [0.4, 0.5) is 10.5 Å². The number of nitrogens with zero attached hydrogens (tertiary/aromatic N) is 1. The molecule has 0 saturated carbocycles. The van der Waals surface area contributed by atoms with Gasteiger partial charge < -0.3 is 20.4 Å². The Balaban J connectivity index is 2.13. The molecule has 108 valence electrons. The highest BCUT2D eigenvalue weighted by Gasteiger charge is 2.39. The van der Waals surface area contributed by atoms with Crippen molar-refractivity contribution in [2.24, 2.45) is 0 Å². The molecule has 1 heterocycles. The number of anilines is 1. The van der Waals surface area contributed by atoms with Gasteiger partial charge in [0.25, 0.3) is 0 Å². The average Bonchev–Trinajstić information content (AvgIpc) is 2.82. The zero-order chi connectivity index (χ0) is 14.7. The molecule has 1 aromatic carbocycles. The lowest BCUT2D eigenvalue weighted by Crippen LogP contribution is -2.43. The third kappa shape index (κ3) is 2.91. The second-order valence-electron chi connectivity index (χ2n) is 4.84. The van der Waals surface area contributed by atoms with Crippen molar-refractivity contribution in [2.45, 2.75) is 31.9 Å². The maximum absolute atomic E-state index is 12.2. The fourth-order valence-corrected chi connectivity index (χ4v) is 2.41. The Labute approximate surface area is 117 Å². The number of hydrogen-bond acceptors (Lipinski definition) is 3. The van der Waals surface area contributed by atoms with Crippen LogP contribution in [0, 0.1) is 0 Å². The summed E-state index contributed by atoms with van der Waals surface area (Å²) in [5.74, 6) is -1.10. The van der Waals surface area contributed by atoms with E-state index in [4.69, 9.17) is 5.11 Å². The molecule has 6 nitrogen and oxygen atoms in total. The summed E-state index contributed by atoms with van der Waals surface area (Å²) in [5, 5.41) is 21.4. The molecule has 1 aliphatic rings. The number of carboxylic acid groups (broad SMARTS) is 1. The zero-order valence-electron chi connectivity index (χ0n) is 11.2. The molecule has 2 amide bonds. The van der Waals surface area contributed by atoms with Gasteiger partial charge in [0, 0.05) is 18.7 Å². The Bertz CT molecular complexity index is 518. The predicted molar refractivity (Wildman–Crippen MR) is 73.6 cm³/mol. The van der Waals surface area contributed by atoms with Gasteiger partial charge in [-0.05, 0) is 18.1 Å². The second-order valence-corrected chi connectivity index (χ2v) is 4.84. The summed E-state index contributed by atoms with van der Waals surface area (Å²) in [4.78, 5) is 24.5. The number of urea groups is 1. The van der Waals surface area contributed by atoms with Crippen LogP contribution in [0.5, 0.6) is 0 Å². The van der Waals surface area contributed by atoms with Gasteiger partial charge in [0.2, 0.25) is 0 Å². The third-order valence-electron chi connectivity index (χ3n) is 3.46. The molecule has 0 bridgehead atoms. The Morgan fingerprint density at radius 1 is 1.40 bits per heavy atom. The van der Waals surface area contributed by atoms with E-state index in [0.717, 1.165) is 12.0 Å². The monoisotopic (exact) mass is 278 g/mol. The SMILES string of the molecule is CCc1ccccc1NC(=O)N1CC(O)C[C@H]1C(=O)O. The lowest BCUT2D eigenvalue weighted by Gasteiger charge is -2.22. The predicted octanol–water partition coefficient (Wildman–Crippen LogP) is 1.30. The first-order valence-electron chi connectivity index (χ1n) is 6.59. The number of rotatable bonds is 3. The Kier molecular flexibility index (Phi) is 4.24. The van der Waals surface area contributed by atoms with E-state index in [-0.39, 0.29) is 13.0 Å². The maximum Gasteiger partial charge on any atom is 0.326 e. The lowest BCUT2D eigenvalue weighted by molar-refractivity contribution is -0.141. The van der Waals surface area contributed by atoms with Gasteiger partial charge >= 0.3 is 12.0 Å². The van der Waals surface area contributed by atoms with Crippen molar-refractivity contribution >= 4 is 17.7 Å². The average molecular weight is 278 g/mol. The minimum atomic E-state index is -1.10. The molecule has 1 aliphatic heterocycles. The molecule has 6 heteroatoms. The standard InChI is InChI=1S/C14H18N2O4/c1-2-9-5-3-4-6-11(9)15-14(20)16-8-10(17)7-12(16)13(18)19/h3-6,10,12,17H,2,7-8H2,1H3,(H,15,20)(H,18,19)/t10?,12-/m0/s1. The molecule has 1 fully saturated rings. The number of nitrogens with one attached hydrogen (secondary N) is 1. The van der Waals surface area contributed by atoms with E-state index in [9.17, 15) is 14.7 Å². The summed E-state index contributed by atoms with van der Waals surface area (Å²) in [7, 11) is 0. The van der Waals surface area contributed by atoms with E-state index in [0.29, 0.717) is 5.69 Å². The first-order chi connectivity index (χ1) is 9.52. The number of β-amino-alcohol motifs (C(OH)–C–C–N with tert-alkyl or cyclic N) is 1. The van der Waals surface area contributed by atoms with Crippen molar-refractivity contribution in [2.75, 3.05) is 11.9 Å². The Hall–Kier alpha value is -2.08. The number of carbonyl (C=O) groups excluding carboxylic acids is 1. The number of hydrogen-bond donors (Lipinski definition) is 3. The molecule has 0 aromatic heterocycles. The van der Waals surface area contributed by atoms with Crippen LogP contribution in [-0.4, -0.2) is 45.8 Å². The van der Waals surface area contributed by atoms with E-state index in [2.05, 4.69) is 5.32 Å². The number of benzene rings is 1. The van der Waals surface area contributed by atoms with Gasteiger partial charge in [0.15, 0.2) is 0 Å². The molecule has 3 N–H and O–H groups in total. The highest BCUT2D eigenvalue weighted by atomic mass is 16.4. The van der Waals surface area contributed by atoms with E-state index in [1.807, 2.05) is 25.1 Å². The van der Waals surface area contributed by atoms with Crippen molar-refractivity contribution in [3.8, 4) is 0 Å². The smallest absolute Gasteiger partial charge is 0.326 e. The third-order valence-corrected chi connectivity index (χ3v) is 3.46. The molecular formula is C14H18N2O4. The van der Waals surface area contributed by atoms with Crippen molar-refractivity contribution in [3.63, 3.8) is 0 Å². The first kappa shape index (κ1) is 14.3. The van der Waals surface area contributed by atoms with Gasteiger partial charge in [0.05, 0.1) is 6.10 Å². The van der Waals surface area contributed by atoms with Crippen LogP contribution < -0.4 is 5.32 Å². The van der Waals surface area contributed by atoms with Crippen molar-refractivity contribution in [1.82, 2.24) is 4.90 Å². The van der Waals surface area contributed by atoms with E-state index >= 15 is 0 Å². The van der Waals surface area contributed by atoms with Gasteiger partial charge in [-0.2, -0.15) is 0 Å². The van der Waals surface area contributed by atoms with Crippen LogP contribution >= 0.6 is 0 Å². The van der Waals surface area contributed by atoms with Gasteiger partial charge in [-0.25, -0.2) is 9.59 Å². The van der Waals surface area contributed by atoms with Crippen molar-refractivity contribution < 1.29 is 19.8 Å². The van der Waals surface area contributed by atoms with Crippen LogP contribution in [0.2, 0.25) is 0 Å². The van der Waals surface area contributed by atoms with Gasteiger partial charge in [-0.1, -0.05) is 25.1 Å². The van der Waals surface area contributed by atoms with Gasteiger partial charge in [-0.3, -0.25) is 0 Å². The number of para-hydroxylation sites is 1. The minimum Gasteiger partial charge on any atom is -0.480 e. The molecule has 1 unspecified atom stereocenters. The Morgan fingerprint density at radius 3 is 2.75 bits per heavy atom. The highest BCUT2D eigenvalue weighted by Crippen LogP contribution is 2.21. The second kappa shape index (κ2) is 5.92. The largest absolute Gasteiger partial charge is 0.480 e. The maximum atomic E-state index is 12.2. The highest BCUT2D eigenvalue weighted by molar-refractivity contribution is 5.93. The number of aliphatic carboxylic acids is 1. The molecule has 20 heavy (non-hydrogen) atoms. The number of likely N-dealkylation sites (tertiary alicyclic amines) is 1. The summed E-state index contributed by atoms with van der Waals surface area (Å²) in [6.07, 6.45) is 0.0443. The summed E-state index contributed by atoms with van der Waals surface area (Å²) >= 11 is 0. The van der Waals surface area contributed by atoms with Crippen LogP contribution in [0.3, 0.4) is 0 Å². The molecule has 1 aromatic rings. The van der Waals surface area contributed by atoms with Crippen molar-refractivity contribution in [3.05, 3.63) is 29.8 Å². The molecule has 2 atom stereocenters. The van der Waals surface area contributed by atoms with Crippen molar-refractivity contribution in [1.29, 1.82) is 0 Å². The summed E-state index contributed by atoms with van der Waals surface area (Å²) < 4.78 is 0. The lowest BCUT2D eigenvalue weighted by atomic mass is 10.1. The van der Waals surface area contributed by atoms with E-state index in [1.54, 1.807) is 6.07 Å². The summed E-state index contributed by atoms with van der Waals surface area (Å²) in [5.41, 5.74) is 1.65. The van der Waals surface area contributed by atoms with Gasteiger partial charge in [-0.15, -0.1) is 0 Å². The molecular weight excluding hydrogens is 260 g/mol. The number of aryl methyl sites for hydroxylation is 1. The van der Waals surface area contributed by atoms with Crippen LogP contribution in [0.25, 0.3) is 0 Å². The minimum absolute atomic E-state index is 0.0388. The van der Waals surface area contributed by atoms with Crippen LogP contribution in [0.1, 0.15) is 18.9 Å². The first-order valence-corrected chi connectivity index (χ1v) is 6.59. The quantitative estimate of drug-likeness (QED) is 0.777. The summed E-state index contributed by atoms with van der Waals surface area (Å²) in [6.45, 7) is 2.02. The fraction of sp³-hybridized carbons (Fsp3) is 0.429. The topological polar surface area (TPSA) is 89.9 Å². The molecule has 0 spiro atoms. The van der Waals surface area contributed by atoms with Crippen LogP contribution in [-0.2, 0) is 11.2 Å². The fourth-order valence-electron chi connectivity index (χ4n) is 2.41. The zero-order valence-corrected chi connectivity index (χ0v) is 11.2. The van der Waals surface area contributed by atoms with Crippen LogP contribution in [0.15, 0.2) is 24.3 Å². The number of amides is 2. The van der Waals surface area contributed by atoms with Gasteiger partial charge in [0.1, 0.15) is 6.04 Å². The normalized spacial score (nSPS) is 21.8. The Morgan fingerprint density at radius 2 is 2.10 bits per heavy atom. The number of carbonyl (C=O) groups is 2. The van der Waals surface area contributed by atoms with E-state index in [1.165, 1.54) is 4.90 Å². The number of aliphatic hydroxyl groups is 1. The van der Waals surface area contributed by atoms with E-state index < -0.39 is 24.1 Å². The molecule has 0 radical (unpaired) electrons. The molecule has 0 aliphatic carbocycles. The molecule has 1 saturated heterocycles. The number of aliphatic hydroxyl groups excluding tert-OH is 1. The molecule has 2 rings (SSSR count).